The number of aliphatic hydroxyl groups excluding tert-OH is 2. The van der Waals surface area contributed by atoms with Gasteiger partial charge in [0.15, 0.2) is 0 Å². The van der Waals surface area contributed by atoms with Gasteiger partial charge in [-0.2, -0.15) is 0 Å². The third-order valence-electron chi connectivity index (χ3n) is 6.35. The van der Waals surface area contributed by atoms with Crippen LogP contribution < -0.4 is 0 Å². The van der Waals surface area contributed by atoms with Crippen molar-refractivity contribution in [2.24, 2.45) is 17.3 Å². The average molecular weight is 370 g/mol. The lowest BCUT2D eigenvalue weighted by atomic mass is 9.73. The fraction of sp³-hybridized carbons (Fsp3) is 0.900. The summed E-state index contributed by atoms with van der Waals surface area (Å²) in [7, 11) is 0. The van der Waals surface area contributed by atoms with Gasteiger partial charge in [0.2, 0.25) is 0 Å². The highest BCUT2D eigenvalue weighted by molar-refractivity contribution is 5.87. The van der Waals surface area contributed by atoms with Crippen LogP contribution in [0.2, 0.25) is 0 Å². The van der Waals surface area contributed by atoms with Crippen molar-refractivity contribution in [1.29, 1.82) is 0 Å². The molecule has 0 aliphatic carbocycles. The zero-order valence-corrected chi connectivity index (χ0v) is 16.7. The minimum atomic E-state index is -1.15. The Morgan fingerprint density at radius 2 is 1.73 bits per heavy atom. The minimum Gasteiger partial charge on any atom is -0.465 e. The Balaban J connectivity index is 2.13. The molecule has 0 saturated carbocycles. The Morgan fingerprint density at radius 3 is 2.38 bits per heavy atom. The summed E-state index contributed by atoms with van der Waals surface area (Å²) < 4.78 is 11.0. The van der Waals surface area contributed by atoms with Crippen LogP contribution in [0.25, 0.3) is 0 Å². The van der Waals surface area contributed by atoms with Crippen LogP contribution in [0.15, 0.2) is 0 Å². The van der Waals surface area contributed by atoms with Gasteiger partial charge in [0.25, 0.3) is 0 Å². The summed E-state index contributed by atoms with van der Waals surface area (Å²) in [5.74, 6) is -1.39. The van der Waals surface area contributed by atoms with E-state index in [0.29, 0.717) is 6.42 Å². The van der Waals surface area contributed by atoms with Crippen molar-refractivity contribution in [3.8, 4) is 0 Å². The number of hydrogen-bond acceptors (Lipinski definition) is 6. The van der Waals surface area contributed by atoms with Crippen LogP contribution in [0.3, 0.4) is 0 Å². The Hall–Kier alpha value is -0.980. The van der Waals surface area contributed by atoms with Gasteiger partial charge in [-0.3, -0.25) is 9.59 Å². The van der Waals surface area contributed by atoms with Crippen molar-refractivity contribution < 1.29 is 29.3 Å². The third kappa shape index (κ3) is 4.65. The molecule has 2 N–H and O–H groups in total. The molecular weight excluding hydrogens is 336 g/mol. The number of hydrogen-bond donors (Lipinski definition) is 2. The summed E-state index contributed by atoms with van der Waals surface area (Å²) in [4.78, 5) is 24.8. The summed E-state index contributed by atoms with van der Waals surface area (Å²) >= 11 is 0. The van der Waals surface area contributed by atoms with E-state index in [9.17, 15) is 19.8 Å². The normalized spacial score (nSPS) is 42.7. The van der Waals surface area contributed by atoms with E-state index in [2.05, 4.69) is 6.92 Å². The topological polar surface area (TPSA) is 96.4 Å². The predicted molar refractivity (Wildman–Crippen MR) is 96.5 cm³/mol. The van der Waals surface area contributed by atoms with Crippen LogP contribution >= 0.6 is 0 Å². The molecule has 6 atom stereocenters. The van der Waals surface area contributed by atoms with Crippen LogP contribution in [-0.2, 0) is 19.1 Å². The number of cyclic esters (lactones) is 1. The van der Waals surface area contributed by atoms with Crippen LogP contribution in [0.5, 0.6) is 0 Å². The number of ether oxygens (including phenoxy) is 2. The molecular formula is C20H34O6. The number of aliphatic hydroxyl groups is 2. The van der Waals surface area contributed by atoms with Crippen LogP contribution in [0.1, 0.15) is 66.7 Å². The van der Waals surface area contributed by atoms with Gasteiger partial charge in [0, 0.05) is 12.3 Å². The molecule has 0 unspecified atom stereocenters. The average Bonchev–Trinajstić information content (AvgIpc) is 3.21. The predicted octanol–water partition coefficient (Wildman–Crippen LogP) is 2.24. The van der Waals surface area contributed by atoms with Gasteiger partial charge in [0.1, 0.15) is 5.78 Å². The molecule has 26 heavy (non-hydrogen) atoms. The van der Waals surface area contributed by atoms with E-state index in [0.717, 1.165) is 19.3 Å². The number of Topliss-reactive ketones (excluding diaryl/α,β-unsaturated/α-hetero) is 1. The van der Waals surface area contributed by atoms with Gasteiger partial charge >= 0.3 is 5.97 Å². The van der Waals surface area contributed by atoms with Crippen molar-refractivity contribution in [2.45, 2.75) is 90.6 Å². The summed E-state index contributed by atoms with van der Waals surface area (Å²) in [6.45, 7) is 9.20. The molecule has 2 heterocycles. The fourth-order valence-electron chi connectivity index (χ4n) is 3.97. The zero-order valence-electron chi connectivity index (χ0n) is 16.7. The smallest absolute Gasteiger partial charge is 0.308 e. The van der Waals surface area contributed by atoms with Crippen LogP contribution in [-0.4, -0.2) is 52.5 Å². The molecule has 2 saturated heterocycles. The molecule has 2 aliphatic rings. The molecule has 0 bridgehead atoms. The van der Waals surface area contributed by atoms with Gasteiger partial charge in [0.05, 0.1) is 42.4 Å². The molecule has 0 spiro atoms. The lowest BCUT2D eigenvalue weighted by Crippen LogP contribution is -2.45. The van der Waals surface area contributed by atoms with E-state index in [-0.39, 0.29) is 36.4 Å². The number of epoxide rings is 1. The second-order valence-corrected chi connectivity index (χ2v) is 8.88. The second kappa shape index (κ2) is 7.95. The lowest BCUT2D eigenvalue weighted by molar-refractivity contribution is -0.151. The van der Waals surface area contributed by atoms with Crippen molar-refractivity contribution in [3.63, 3.8) is 0 Å². The van der Waals surface area contributed by atoms with Crippen molar-refractivity contribution >= 4 is 11.8 Å². The monoisotopic (exact) mass is 370 g/mol. The minimum absolute atomic E-state index is 0.0273. The molecule has 150 valence electrons. The summed E-state index contributed by atoms with van der Waals surface area (Å²) in [5.41, 5.74) is -1.31. The lowest BCUT2D eigenvalue weighted by Gasteiger charge is -2.34. The molecule has 2 fully saturated rings. The first-order valence-corrected chi connectivity index (χ1v) is 9.73. The van der Waals surface area contributed by atoms with Gasteiger partial charge in [-0.25, -0.2) is 0 Å². The highest BCUT2D eigenvalue weighted by Crippen LogP contribution is 2.43. The molecule has 2 rings (SSSR count). The highest BCUT2D eigenvalue weighted by Gasteiger charge is 2.51. The van der Waals surface area contributed by atoms with E-state index >= 15 is 0 Å². The molecule has 2 aliphatic heterocycles. The van der Waals surface area contributed by atoms with Gasteiger partial charge in [-0.05, 0) is 25.7 Å². The number of carbonyl (C=O) groups excluding carboxylic acids is 2. The quantitative estimate of drug-likeness (QED) is 0.501. The maximum Gasteiger partial charge on any atom is 0.308 e. The van der Waals surface area contributed by atoms with E-state index in [1.54, 1.807) is 20.8 Å². The van der Waals surface area contributed by atoms with E-state index in [4.69, 9.17) is 9.47 Å². The molecule has 0 radical (unpaired) electrons. The Labute approximate surface area is 156 Å². The van der Waals surface area contributed by atoms with Crippen LogP contribution in [0, 0.1) is 17.3 Å². The van der Waals surface area contributed by atoms with E-state index in [1.807, 2.05) is 6.92 Å². The summed E-state index contributed by atoms with van der Waals surface area (Å²) in [6.07, 6.45) is 1.15. The zero-order chi connectivity index (χ0) is 19.7. The first kappa shape index (κ1) is 21.3. The number of rotatable bonds is 0. The molecule has 0 amide bonds. The summed E-state index contributed by atoms with van der Waals surface area (Å²) in [6, 6.07) is 0. The number of esters is 1. The Kier molecular flexibility index (Phi) is 6.52. The number of ketones is 1. The van der Waals surface area contributed by atoms with E-state index < -0.39 is 29.5 Å². The summed E-state index contributed by atoms with van der Waals surface area (Å²) in [5, 5.41) is 21.0. The molecule has 0 aromatic heterocycles. The number of fused-ring (bicyclic) bond motifs is 1. The van der Waals surface area contributed by atoms with Gasteiger partial charge in [-0.1, -0.05) is 34.1 Å². The molecule has 0 aromatic rings. The van der Waals surface area contributed by atoms with E-state index in [1.165, 1.54) is 0 Å². The van der Waals surface area contributed by atoms with Crippen molar-refractivity contribution in [1.82, 2.24) is 0 Å². The van der Waals surface area contributed by atoms with Gasteiger partial charge < -0.3 is 19.7 Å². The standard InChI is InChI=1S/C20H34O6/c1-12-7-6-9-20(5)15(26-20)8-10-25-16(22)11-14(21)19(3,4)18(24)13(2)17(12)23/h12-15,17,21,23H,6-11H2,1-5H3/t12-,13+,14-,15-,17-,20+/m0/s1. The van der Waals surface area contributed by atoms with Gasteiger partial charge in [-0.15, -0.1) is 0 Å². The maximum atomic E-state index is 12.9. The Morgan fingerprint density at radius 1 is 1.08 bits per heavy atom. The second-order valence-electron chi connectivity index (χ2n) is 8.88. The molecule has 6 heteroatoms. The van der Waals surface area contributed by atoms with Crippen molar-refractivity contribution in [2.75, 3.05) is 6.61 Å². The largest absolute Gasteiger partial charge is 0.465 e. The third-order valence-corrected chi connectivity index (χ3v) is 6.35. The maximum absolute atomic E-state index is 12.9. The van der Waals surface area contributed by atoms with Crippen LogP contribution in [0.4, 0.5) is 0 Å². The molecule has 0 aromatic carbocycles. The number of carbonyl (C=O) groups is 2. The first-order valence-electron chi connectivity index (χ1n) is 9.73. The first-order chi connectivity index (χ1) is 12.0. The highest BCUT2D eigenvalue weighted by atomic mass is 16.6. The molecule has 6 nitrogen and oxygen atoms in total. The SMILES string of the molecule is C[C@H]1CCC[C@@]2(C)O[C@H]2CCOC(=O)C[C@H](O)C(C)(C)C(=O)[C@H](C)[C@H]1O. The Bertz CT molecular complexity index is 530. The van der Waals surface area contributed by atoms with Crippen molar-refractivity contribution in [3.05, 3.63) is 0 Å². The fourth-order valence-corrected chi connectivity index (χ4v) is 3.97.